The van der Waals surface area contributed by atoms with Crippen LogP contribution in [0, 0.1) is 5.92 Å². The summed E-state index contributed by atoms with van der Waals surface area (Å²) in [6.45, 7) is 0.543. The van der Waals surface area contributed by atoms with E-state index in [2.05, 4.69) is 0 Å². The van der Waals surface area contributed by atoms with Crippen molar-refractivity contribution in [3.05, 3.63) is 65.7 Å². The second-order valence-electron chi connectivity index (χ2n) is 5.13. The van der Waals surface area contributed by atoms with Crippen LogP contribution >= 0.6 is 0 Å². The minimum absolute atomic E-state index is 0.177. The highest BCUT2D eigenvalue weighted by Gasteiger charge is 2.43. The van der Waals surface area contributed by atoms with E-state index in [1.165, 1.54) is 0 Å². The standard InChI is InChI=1S/C17H16O3/c18-17(19)16-10-15(16)13-6-8-14(9-7-13)20-11-12-4-2-1-3-5-12/h1-9,15-16H,10-11H2,(H,18,19)/t15-,16-/m0/s1. The van der Waals surface area contributed by atoms with Crippen LogP contribution in [0.4, 0.5) is 0 Å². The number of carboxylic acids is 1. The Morgan fingerprint density at radius 1 is 1.10 bits per heavy atom. The molecule has 2 aromatic rings. The van der Waals surface area contributed by atoms with E-state index in [0.717, 1.165) is 23.3 Å². The van der Waals surface area contributed by atoms with Crippen LogP contribution in [0.25, 0.3) is 0 Å². The van der Waals surface area contributed by atoms with Crippen molar-refractivity contribution >= 4 is 5.97 Å². The summed E-state index contributed by atoms with van der Waals surface area (Å²) in [5, 5.41) is 8.93. The summed E-state index contributed by atoms with van der Waals surface area (Å²) >= 11 is 0. The van der Waals surface area contributed by atoms with Gasteiger partial charge in [-0.3, -0.25) is 4.79 Å². The molecule has 3 rings (SSSR count). The Morgan fingerprint density at radius 2 is 1.80 bits per heavy atom. The van der Waals surface area contributed by atoms with E-state index >= 15 is 0 Å². The summed E-state index contributed by atoms with van der Waals surface area (Å²) in [7, 11) is 0. The van der Waals surface area contributed by atoms with Gasteiger partial charge in [0.2, 0.25) is 0 Å². The highest BCUT2D eigenvalue weighted by molar-refractivity contribution is 5.75. The van der Waals surface area contributed by atoms with Gasteiger partial charge in [-0.2, -0.15) is 0 Å². The van der Waals surface area contributed by atoms with Gasteiger partial charge in [0.15, 0.2) is 0 Å². The van der Waals surface area contributed by atoms with E-state index in [0.29, 0.717) is 6.61 Å². The van der Waals surface area contributed by atoms with Gasteiger partial charge in [-0.05, 0) is 35.6 Å². The van der Waals surface area contributed by atoms with Gasteiger partial charge in [-0.1, -0.05) is 42.5 Å². The lowest BCUT2D eigenvalue weighted by Crippen LogP contribution is -1.99. The molecule has 0 radical (unpaired) electrons. The van der Waals surface area contributed by atoms with E-state index in [-0.39, 0.29) is 11.8 Å². The maximum Gasteiger partial charge on any atom is 0.307 e. The molecule has 0 bridgehead atoms. The van der Waals surface area contributed by atoms with Crippen LogP contribution in [-0.2, 0) is 11.4 Å². The predicted molar refractivity (Wildman–Crippen MR) is 75.7 cm³/mol. The van der Waals surface area contributed by atoms with Gasteiger partial charge in [-0.25, -0.2) is 0 Å². The number of hydrogen-bond acceptors (Lipinski definition) is 2. The highest BCUT2D eigenvalue weighted by Crippen LogP contribution is 2.47. The molecular formula is C17H16O3. The van der Waals surface area contributed by atoms with Crippen LogP contribution in [0.2, 0.25) is 0 Å². The zero-order valence-corrected chi connectivity index (χ0v) is 11.0. The average Bonchev–Trinajstić information content (AvgIpc) is 3.27. The Bertz CT molecular complexity index is 589. The van der Waals surface area contributed by atoms with Crippen molar-refractivity contribution in [1.82, 2.24) is 0 Å². The molecule has 3 heteroatoms. The summed E-state index contributed by atoms with van der Waals surface area (Å²) in [5.74, 6) is 0.0892. The average molecular weight is 268 g/mol. The van der Waals surface area contributed by atoms with Crippen LogP contribution in [0.5, 0.6) is 5.75 Å². The molecule has 102 valence electrons. The second-order valence-corrected chi connectivity index (χ2v) is 5.13. The molecular weight excluding hydrogens is 252 g/mol. The van der Waals surface area contributed by atoms with Crippen molar-refractivity contribution in [2.75, 3.05) is 0 Å². The van der Waals surface area contributed by atoms with Gasteiger partial charge in [0.1, 0.15) is 12.4 Å². The summed E-state index contributed by atoms with van der Waals surface area (Å²) in [4.78, 5) is 10.8. The van der Waals surface area contributed by atoms with Gasteiger partial charge in [0, 0.05) is 0 Å². The minimum atomic E-state index is -0.695. The number of ether oxygens (including phenoxy) is 1. The number of hydrogen-bond donors (Lipinski definition) is 1. The van der Waals surface area contributed by atoms with Gasteiger partial charge in [0.05, 0.1) is 5.92 Å². The lowest BCUT2D eigenvalue weighted by molar-refractivity contribution is -0.138. The lowest BCUT2D eigenvalue weighted by Gasteiger charge is -2.07. The first-order valence-corrected chi connectivity index (χ1v) is 6.73. The summed E-state index contributed by atoms with van der Waals surface area (Å²) in [5.41, 5.74) is 2.22. The molecule has 0 aliphatic heterocycles. The van der Waals surface area contributed by atoms with Crippen molar-refractivity contribution < 1.29 is 14.6 Å². The molecule has 0 spiro atoms. The van der Waals surface area contributed by atoms with Crippen LogP contribution in [0.15, 0.2) is 54.6 Å². The number of rotatable bonds is 5. The molecule has 2 aromatic carbocycles. The fourth-order valence-electron chi connectivity index (χ4n) is 2.39. The van der Waals surface area contributed by atoms with E-state index < -0.39 is 5.97 Å². The summed E-state index contributed by atoms with van der Waals surface area (Å²) in [6.07, 6.45) is 0.750. The molecule has 0 heterocycles. The van der Waals surface area contributed by atoms with Gasteiger partial charge in [-0.15, -0.1) is 0 Å². The maximum absolute atomic E-state index is 10.8. The third-order valence-corrected chi connectivity index (χ3v) is 3.66. The number of carbonyl (C=O) groups is 1. The molecule has 1 aliphatic carbocycles. The third-order valence-electron chi connectivity index (χ3n) is 3.66. The number of aliphatic carboxylic acids is 1. The fraction of sp³-hybridized carbons (Fsp3) is 0.235. The maximum atomic E-state index is 10.8. The zero-order valence-electron chi connectivity index (χ0n) is 11.0. The van der Waals surface area contributed by atoms with Crippen molar-refractivity contribution in [3.8, 4) is 5.75 Å². The highest BCUT2D eigenvalue weighted by atomic mass is 16.5. The third kappa shape index (κ3) is 2.82. The first-order valence-electron chi connectivity index (χ1n) is 6.73. The first-order chi connectivity index (χ1) is 9.74. The number of benzene rings is 2. The molecule has 20 heavy (non-hydrogen) atoms. The summed E-state index contributed by atoms with van der Waals surface area (Å²) in [6, 6.07) is 17.8. The predicted octanol–water partition coefficient (Wildman–Crippen LogP) is 3.45. The fourth-order valence-corrected chi connectivity index (χ4v) is 2.39. The Labute approximate surface area is 117 Å². The second kappa shape index (κ2) is 5.37. The van der Waals surface area contributed by atoms with Crippen molar-refractivity contribution in [2.24, 2.45) is 5.92 Å². The first kappa shape index (κ1) is 12.7. The van der Waals surface area contributed by atoms with Crippen LogP contribution in [0.3, 0.4) is 0 Å². The lowest BCUT2D eigenvalue weighted by atomic mass is 10.1. The zero-order chi connectivity index (χ0) is 13.9. The van der Waals surface area contributed by atoms with Gasteiger partial charge in [0.25, 0.3) is 0 Å². The Morgan fingerprint density at radius 3 is 2.40 bits per heavy atom. The Kier molecular flexibility index (Phi) is 3.42. The Hall–Kier alpha value is -2.29. The molecule has 1 N–H and O–H groups in total. The molecule has 3 nitrogen and oxygen atoms in total. The van der Waals surface area contributed by atoms with E-state index in [1.54, 1.807) is 0 Å². The quantitative estimate of drug-likeness (QED) is 0.903. The van der Waals surface area contributed by atoms with Gasteiger partial charge < -0.3 is 9.84 Å². The molecule has 2 atom stereocenters. The minimum Gasteiger partial charge on any atom is -0.489 e. The smallest absolute Gasteiger partial charge is 0.307 e. The largest absolute Gasteiger partial charge is 0.489 e. The normalized spacial score (nSPS) is 20.4. The van der Waals surface area contributed by atoms with E-state index in [1.807, 2.05) is 54.6 Å². The molecule has 1 fully saturated rings. The molecule has 1 aliphatic rings. The molecule has 0 aromatic heterocycles. The molecule has 0 unspecified atom stereocenters. The van der Waals surface area contributed by atoms with Crippen molar-refractivity contribution in [2.45, 2.75) is 18.9 Å². The van der Waals surface area contributed by atoms with Crippen molar-refractivity contribution in [1.29, 1.82) is 0 Å². The SMILES string of the molecule is O=C(O)[C@H]1C[C@H]1c1ccc(OCc2ccccc2)cc1. The number of carboxylic acid groups (broad SMARTS) is 1. The van der Waals surface area contributed by atoms with Crippen LogP contribution in [0.1, 0.15) is 23.5 Å². The topological polar surface area (TPSA) is 46.5 Å². The van der Waals surface area contributed by atoms with Crippen molar-refractivity contribution in [3.63, 3.8) is 0 Å². The summed E-state index contributed by atoms with van der Waals surface area (Å²) < 4.78 is 5.71. The molecule has 0 saturated heterocycles. The Balaban J connectivity index is 1.58. The molecule has 1 saturated carbocycles. The monoisotopic (exact) mass is 268 g/mol. The van der Waals surface area contributed by atoms with Gasteiger partial charge >= 0.3 is 5.97 Å². The van der Waals surface area contributed by atoms with E-state index in [9.17, 15) is 4.79 Å². The van der Waals surface area contributed by atoms with E-state index in [4.69, 9.17) is 9.84 Å². The molecule has 0 amide bonds. The van der Waals surface area contributed by atoms with Crippen LogP contribution in [-0.4, -0.2) is 11.1 Å². The van der Waals surface area contributed by atoms with Crippen LogP contribution < -0.4 is 4.74 Å².